The third kappa shape index (κ3) is 4.95. The second kappa shape index (κ2) is 9.27. The summed E-state index contributed by atoms with van der Waals surface area (Å²) in [6.07, 6.45) is 2.48. The molecule has 0 spiro atoms. The summed E-state index contributed by atoms with van der Waals surface area (Å²) in [5, 5.41) is 10.2. The van der Waals surface area contributed by atoms with E-state index in [-0.39, 0.29) is 11.9 Å². The van der Waals surface area contributed by atoms with Crippen LogP contribution in [-0.2, 0) is 22.5 Å². The van der Waals surface area contributed by atoms with Crippen molar-refractivity contribution in [1.82, 2.24) is 25.7 Å². The number of hydrogen-bond acceptors (Lipinski definition) is 7. The molecule has 150 valence electrons. The van der Waals surface area contributed by atoms with Crippen LogP contribution in [0.5, 0.6) is 0 Å². The Hall–Kier alpha value is -2.29. The van der Waals surface area contributed by atoms with E-state index in [0.717, 1.165) is 57.8 Å². The van der Waals surface area contributed by atoms with Gasteiger partial charge in [0.05, 0.1) is 19.3 Å². The van der Waals surface area contributed by atoms with E-state index in [0.29, 0.717) is 24.7 Å². The van der Waals surface area contributed by atoms with Crippen molar-refractivity contribution in [2.75, 3.05) is 39.4 Å². The summed E-state index contributed by atoms with van der Waals surface area (Å²) in [4.78, 5) is 18.9. The maximum absolute atomic E-state index is 12.0. The predicted octanol–water partition coefficient (Wildman–Crippen LogP) is 0.980. The van der Waals surface area contributed by atoms with Crippen LogP contribution < -0.4 is 10.6 Å². The van der Waals surface area contributed by atoms with Crippen LogP contribution in [0.25, 0.3) is 11.4 Å². The number of ether oxygens (including phenoxy) is 1. The molecule has 1 atom stereocenters. The van der Waals surface area contributed by atoms with Crippen LogP contribution in [0.15, 0.2) is 28.8 Å². The first-order valence-electron chi connectivity index (χ1n) is 10.0. The Balaban J connectivity index is 1.30. The number of nitrogens with one attached hydrogen (secondary N) is 2. The van der Waals surface area contributed by atoms with Crippen LogP contribution in [0.1, 0.15) is 24.3 Å². The number of morpholine rings is 1. The van der Waals surface area contributed by atoms with Crippen molar-refractivity contribution in [1.29, 1.82) is 0 Å². The number of carbonyl (C=O) groups is 1. The number of hydrogen-bond donors (Lipinski definition) is 2. The molecule has 3 heterocycles. The number of carbonyl (C=O) groups excluding carboxylic acids is 1. The Bertz CT molecular complexity index is 782. The molecule has 8 heteroatoms. The first kappa shape index (κ1) is 19.0. The van der Waals surface area contributed by atoms with E-state index in [2.05, 4.69) is 37.8 Å². The highest BCUT2D eigenvalue weighted by atomic mass is 16.5. The second-order valence-electron chi connectivity index (χ2n) is 7.29. The number of amides is 1. The van der Waals surface area contributed by atoms with Gasteiger partial charge in [0, 0.05) is 38.2 Å². The molecule has 2 fully saturated rings. The van der Waals surface area contributed by atoms with Gasteiger partial charge < -0.3 is 19.9 Å². The summed E-state index contributed by atoms with van der Waals surface area (Å²) in [6, 6.07) is 8.18. The van der Waals surface area contributed by atoms with Crippen molar-refractivity contribution in [2.45, 2.75) is 31.8 Å². The monoisotopic (exact) mass is 385 g/mol. The van der Waals surface area contributed by atoms with Crippen LogP contribution in [0.3, 0.4) is 0 Å². The van der Waals surface area contributed by atoms with Crippen molar-refractivity contribution in [3.63, 3.8) is 0 Å². The number of benzene rings is 1. The second-order valence-corrected chi connectivity index (χ2v) is 7.29. The van der Waals surface area contributed by atoms with E-state index in [1.54, 1.807) is 0 Å². The van der Waals surface area contributed by atoms with Crippen LogP contribution >= 0.6 is 0 Å². The standard InChI is InChI=1S/C20H27N5O3/c26-20(17-5-2-7-21-17)22-8-6-18-23-19(24-28-18)16-4-1-3-15(13-16)14-25-9-11-27-12-10-25/h1,3-4,13,17,21H,2,5-12,14H2,(H,22,26). The van der Waals surface area contributed by atoms with Gasteiger partial charge in [0.2, 0.25) is 17.6 Å². The minimum Gasteiger partial charge on any atom is -0.379 e. The highest BCUT2D eigenvalue weighted by molar-refractivity contribution is 5.81. The molecule has 28 heavy (non-hydrogen) atoms. The van der Waals surface area contributed by atoms with Gasteiger partial charge in [-0.05, 0) is 31.0 Å². The van der Waals surface area contributed by atoms with E-state index in [4.69, 9.17) is 9.26 Å². The molecule has 0 saturated carbocycles. The van der Waals surface area contributed by atoms with Gasteiger partial charge >= 0.3 is 0 Å². The summed E-state index contributed by atoms with van der Waals surface area (Å²) in [7, 11) is 0. The lowest BCUT2D eigenvalue weighted by Gasteiger charge is -2.26. The van der Waals surface area contributed by atoms with Crippen LogP contribution in [0.4, 0.5) is 0 Å². The molecule has 2 aliphatic heterocycles. The third-order valence-corrected chi connectivity index (χ3v) is 5.18. The minimum atomic E-state index is -0.0625. The summed E-state index contributed by atoms with van der Waals surface area (Å²) in [6.45, 7) is 5.80. The lowest BCUT2D eigenvalue weighted by Crippen LogP contribution is -2.41. The Morgan fingerprint density at radius 2 is 2.21 bits per heavy atom. The molecule has 4 rings (SSSR count). The summed E-state index contributed by atoms with van der Waals surface area (Å²) in [5.41, 5.74) is 2.17. The van der Waals surface area contributed by atoms with Gasteiger partial charge in [-0.3, -0.25) is 9.69 Å². The first-order chi connectivity index (χ1) is 13.8. The maximum Gasteiger partial charge on any atom is 0.237 e. The largest absolute Gasteiger partial charge is 0.379 e. The fraction of sp³-hybridized carbons (Fsp3) is 0.550. The lowest BCUT2D eigenvalue weighted by molar-refractivity contribution is -0.122. The molecule has 2 aliphatic rings. The van der Waals surface area contributed by atoms with Gasteiger partial charge in [-0.1, -0.05) is 23.4 Å². The molecular weight excluding hydrogens is 358 g/mol. The highest BCUT2D eigenvalue weighted by Crippen LogP contribution is 2.19. The predicted molar refractivity (Wildman–Crippen MR) is 104 cm³/mol. The number of nitrogens with zero attached hydrogens (tertiary/aromatic N) is 3. The SMILES string of the molecule is O=C(NCCc1nc(-c2cccc(CN3CCOCC3)c2)no1)C1CCCN1. The maximum atomic E-state index is 12.0. The van der Waals surface area contributed by atoms with Gasteiger partial charge in [0.15, 0.2) is 0 Å². The first-order valence-corrected chi connectivity index (χ1v) is 10.0. The molecule has 1 aromatic heterocycles. The van der Waals surface area contributed by atoms with Crippen molar-refractivity contribution in [3.05, 3.63) is 35.7 Å². The topological polar surface area (TPSA) is 92.5 Å². The molecule has 1 amide bonds. The van der Waals surface area contributed by atoms with Crippen molar-refractivity contribution in [2.24, 2.45) is 0 Å². The number of aromatic nitrogens is 2. The summed E-state index contributed by atoms with van der Waals surface area (Å²) >= 11 is 0. The fourth-order valence-electron chi connectivity index (χ4n) is 3.62. The molecule has 2 saturated heterocycles. The molecule has 0 bridgehead atoms. The van der Waals surface area contributed by atoms with Crippen LogP contribution in [0, 0.1) is 0 Å². The van der Waals surface area contributed by atoms with E-state index in [1.807, 2.05) is 12.1 Å². The Labute approximate surface area is 164 Å². The van der Waals surface area contributed by atoms with Gasteiger partial charge in [-0.2, -0.15) is 4.98 Å². The Morgan fingerprint density at radius 1 is 1.32 bits per heavy atom. The van der Waals surface area contributed by atoms with Gasteiger partial charge in [0.1, 0.15) is 0 Å². The Kier molecular flexibility index (Phi) is 6.31. The molecule has 2 N–H and O–H groups in total. The quantitative estimate of drug-likeness (QED) is 0.734. The van der Waals surface area contributed by atoms with Crippen LogP contribution in [-0.4, -0.2) is 66.4 Å². The van der Waals surface area contributed by atoms with Gasteiger partial charge in [-0.25, -0.2) is 0 Å². The van der Waals surface area contributed by atoms with Gasteiger partial charge in [-0.15, -0.1) is 0 Å². The van der Waals surface area contributed by atoms with Crippen molar-refractivity contribution in [3.8, 4) is 11.4 Å². The molecule has 2 aromatic rings. The van der Waals surface area contributed by atoms with E-state index >= 15 is 0 Å². The van der Waals surface area contributed by atoms with E-state index < -0.39 is 0 Å². The van der Waals surface area contributed by atoms with E-state index in [9.17, 15) is 4.79 Å². The molecule has 1 aromatic carbocycles. The third-order valence-electron chi connectivity index (χ3n) is 5.18. The molecule has 8 nitrogen and oxygen atoms in total. The molecule has 0 aliphatic carbocycles. The highest BCUT2D eigenvalue weighted by Gasteiger charge is 2.21. The summed E-state index contributed by atoms with van der Waals surface area (Å²) in [5.74, 6) is 1.17. The smallest absolute Gasteiger partial charge is 0.237 e. The molecular formula is C20H27N5O3. The molecule has 0 radical (unpaired) electrons. The van der Waals surface area contributed by atoms with Crippen molar-refractivity contribution < 1.29 is 14.1 Å². The zero-order chi connectivity index (χ0) is 19.2. The fourth-order valence-corrected chi connectivity index (χ4v) is 3.62. The van der Waals surface area contributed by atoms with Crippen LogP contribution in [0.2, 0.25) is 0 Å². The normalized spacial score (nSPS) is 20.4. The minimum absolute atomic E-state index is 0.0491. The summed E-state index contributed by atoms with van der Waals surface area (Å²) < 4.78 is 10.8. The van der Waals surface area contributed by atoms with E-state index in [1.165, 1.54) is 5.56 Å². The van der Waals surface area contributed by atoms with Crippen molar-refractivity contribution >= 4 is 5.91 Å². The Morgan fingerprint density at radius 3 is 3.04 bits per heavy atom. The average Bonchev–Trinajstić information content (AvgIpc) is 3.41. The average molecular weight is 385 g/mol. The zero-order valence-corrected chi connectivity index (χ0v) is 16.0. The van der Waals surface area contributed by atoms with Gasteiger partial charge in [0.25, 0.3) is 0 Å². The zero-order valence-electron chi connectivity index (χ0n) is 16.0. The molecule has 1 unspecified atom stereocenters. The lowest BCUT2D eigenvalue weighted by atomic mass is 10.1. The number of rotatable bonds is 7.